The molecule has 23 heavy (non-hydrogen) atoms. The summed E-state index contributed by atoms with van der Waals surface area (Å²) in [5.74, 6) is 1.47. The summed E-state index contributed by atoms with van der Waals surface area (Å²) in [6.45, 7) is 6.54. The van der Waals surface area contributed by atoms with E-state index in [9.17, 15) is 4.79 Å². The van der Waals surface area contributed by atoms with E-state index in [1.165, 1.54) is 0 Å². The Bertz CT molecular complexity index is 715. The number of nitrogens with zero attached hydrogens (tertiary/aromatic N) is 4. The quantitative estimate of drug-likeness (QED) is 0.850. The molecule has 2 atom stereocenters. The van der Waals surface area contributed by atoms with E-state index < -0.39 is 0 Å². The van der Waals surface area contributed by atoms with E-state index in [0.717, 1.165) is 43.3 Å². The SMILES string of the molecule is Cc1ccc(N2C[C@H](C)[C@]3(CCN(c4ccsc4)C3=O)C2)nn1. The zero-order valence-corrected chi connectivity index (χ0v) is 14.2. The van der Waals surface area contributed by atoms with Gasteiger partial charge >= 0.3 is 0 Å². The first-order valence-corrected chi connectivity index (χ1v) is 8.94. The Hall–Kier alpha value is -1.95. The molecule has 1 spiro atoms. The maximum absolute atomic E-state index is 13.1. The Morgan fingerprint density at radius 1 is 1.30 bits per heavy atom. The van der Waals surface area contributed by atoms with Gasteiger partial charge in [-0.1, -0.05) is 6.92 Å². The molecule has 2 aromatic rings. The first-order chi connectivity index (χ1) is 11.1. The highest BCUT2D eigenvalue weighted by Crippen LogP contribution is 2.46. The number of hydrogen-bond acceptors (Lipinski definition) is 5. The van der Waals surface area contributed by atoms with Crippen molar-refractivity contribution >= 4 is 28.7 Å². The molecule has 0 aliphatic carbocycles. The Morgan fingerprint density at radius 3 is 2.87 bits per heavy atom. The predicted octanol–water partition coefficient (Wildman–Crippen LogP) is 2.73. The summed E-state index contributed by atoms with van der Waals surface area (Å²) in [4.78, 5) is 17.3. The largest absolute Gasteiger partial charge is 0.354 e. The summed E-state index contributed by atoms with van der Waals surface area (Å²) >= 11 is 1.64. The van der Waals surface area contributed by atoms with Crippen LogP contribution in [-0.4, -0.2) is 35.7 Å². The van der Waals surface area contributed by atoms with Crippen LogP contribution in [0.4, 0.5) is 11.5 Å². The third-order valence-corrected chi connectivity index (χ3v) is 5.96. The van der Waals surface area contributed by atoms with E-state index in [1.54, 1.807) is 11.3 Å². The van der Waals surface area contributed by atoms with Crippen molar-refractivity contribution in [2.75, 3.05) is 29.4 Å². The molecule has 5 nitrogen and oxygen atoms in total. The molecule has 2 aromatic heterocycles. The number of anilines is 2. The fraction of sp³-hybridized carbons (Fsp3) is 0.471. The molecule has 0 N–H and O–H groups in total. The van der Waals surface area contributed by atoms with Crippen LogP contribution in [0.1, 0.15) is 19.0 Å². The molecule has 2 aliphatic heterocycles. The monoisotopic (exact) mass is 328 g/mol. The minimum Gasteiger partial charge on any atom is -0.354 e. The fourth-order valence-corrected chi connectivity index (χ4v) is 4.49. The van der Waals surface area contributed by atoms with E-state index >= 15 is 0 Å². The summed E-state index contributed by atoms with van der Waals surface area (Å²) in [5.41, 5.74) is 1.67. The average molecular weight is 328 g/mol. The highest BCUT2D eigenvalue weighted by Gasteiger charge is 2.55. The number of amides is 1. The van der Waals surface area contributed by atoms with Crippen LogP contribution in [0, 0.1) is 18.3 Å². The van der Waals surface area contributed by atoms with Crippen LogP contribution in [0.25, 0.3) is 0 Å². The van der Waals surface area contributed by atoms with E-state index in [1.807, 2.05) is 35.4 Å². The van der Waals surface area contributed by atoms with Crippen molar-refractivity contribution in [1.82, 2.24) is 10.2 Å². The van der Waals surface area contributed by atoms with Crippen LogP contribution in [0.15, 0.2) is 29.0 Å². The minimum atomic E-state index is -0.283. The second kappa shape index (κ2) is 5.30. The van der Waals surface area contributed by atoms with Gasteiger partial charge in [-0.3, -0.25) is 4.79 Å². The van der Waals surface area contributed by atoms with E-state index in [-0.39, 0.29) is 11.3 Å². The molecule has 0 radical (unpaired) electrons. The topological polar surface area (TPSA) is 49.3 Å². The predicted molar refractivity (Wildman–Crippen MR) is 91.9 cm³/mol. The second-order valence-electron chi connectivity index (χ2n) is 6.66. The van der Waals surface area contributed by atoms with Crippen molar-refractivity contribution in [2.24, 2.45) is 11.3 Å². The van der Waals surface area contributed by atoms with Gasteiger partial charge in [-0.25, -0.2) is 0 Å². The Balaban J connectivity index is 1.60. The lowest BCUT2D eigenvalue weighted by molar-refractivity contribution is -0.126. The Kier molecular flexibility index (Phi) is 3.37. The molecule has 0 saturated carbocycles. The maximum Gasteiger partial charge on any atom is 0.235 e. The van der Waals surface area contributed by atoms with Gasteiger partial charge in [0.25, 0.3) is 0 Å². The normalized spacial score (nSPS) is 27.4. The van der Waals surface area contributed by atoms with Crippen LogP contribution in [-0.2, 0) is 4.79 Å². The number of carbonyl (C=O) groups is 1. The molecule has 6 heteroatoms. The lowest BCUT2D eigenvalue weighted by atomic mass is 9.78. The molecule has 4 heterocycles. The smallest absolute Gasteiger partial charge is 0.235 e. The lowest BCUT2D eigenvalue weighted by Crippen LogP contribution is -2.39. The number of thiophene rings is 1. The second-order valence-corrected chi connectivity index (χ2v) is 7.44. The van der Waals surface area contributed by atoms with Gasteiger partial charge in [0.05, 0.1) is 16.8 Å². The molecule has 120 valence electrons. The van der Waals surface area contributed by atoms with Crippen LogP contribution < -0.4 is 9.80 Å². The van der Waals surface area contributed by atoms with Gasteiger partial charge in [-0.2, -0.15) is 16.4 Å². The van der Waals surface area contributed by atoms with Crippen molar-refractivity contribution in [3.63, 3.8) is 0 Å². The van der Waals surface area contributed by atoms with Gasteiger partial charge in [0, 0.05) is 25.0 Å². The van der Waals surface area contributed by atoms with E-state index in [4.69, 9.17) is 0 Å². The Morgan fingerprint density at radius 2 is 2.17 bits per heavy atom. The first kappa shape index (κ1) is 14.6. The van der Waals surface area contributed by atoms with Gasteiger partial charge in [-0.05, 0) is 42.8 Å². The number of rotatable bonds is 2. The highest BCUT2D eigenvalue weighted by molar-refractivity contribution is 7.08. The summed E-state index contributed by atoms with van der Waals surface area (Å²) in [6, 6.07) is 6.01. The molecule has 0 bridgehead atoms. The molecule has 1 amide bonds. The summed E-state index contributed by atoms with van der Waals surface area (Å²) in [7, 11) is 0. The minimum absolute atomic E-state index is 0.269. The number of hydrogen-bond donors (Lipinski definition) is 0. The zero-order chi connectivity index (χ0) is 16.0. The van der Waals surface area contributed by atoms with Crippen LogP contribution in [0.3, 0.4) is 0 Å². The van der Waals surface area contributed by atoms with E-state index in [2.05, 4.69) is 27.4 Å². The third kappa shape index (κ3) is 2.24. The van der Waals surface area contributed by atoms with Crippen molar-refractivity contribution < 1.29 is 4.79 Å². The molecule has 0 aromatic carbocycles. The van der Waals surface area contributed by atoms with Gasteiger partial charge in [0.2, 0.25) is 5.91 Å². The molecule has 2 aliphatic rings. The van der Waals surface area contributed by atoms with Gasteiger partial charge in [0.15, 0.2) is 5.82 Å². The summed E-state index contributed by atoms with van der Waals surface area (Å²) in [5, 5.41) is 12.5. The third-order valence-electron chi connectivity index (χ3n) is 5.29. The van der Waals surface area contributed by atoms with Gasteiger partial charge < -0.3 is 9.80 Å². The van der Waals surface area contributed by atoms with Crippen molar-refractivity contribution in [3.05, 3.63) is 34.7 Å². The van der Waals surface area contributed by atoms with Crippen LogP contribution >= 0.6 is 11.3 Å². The molecular formula is C17H20N4OS. The van der Waals surface area contributed by atoms with Crippen molar-refractivity contribution in [2.45, 2.75) is 20.3 Å². The van der Waals surface area contributed by atoms with Gasteiger partial charge in [-0.15, -0.1) is 5.10 Å². The van der Waals surface area contributed by atoms with Crippen molar-refractivity contribution in [3.8, 4) is 0 Å². The standard InChI is InChI=1S/C17H20N4OS/c1-12-9-20(15-4-3-13(2)18-19-15)11-17(12)6-7-21(16(17)22)14-5-8-23-10-14/h3-5,8,10,12H,6-7,9,11H2,1-2H3/t12-,17-/m0/s1. The van der Waals surface area contributed by atoms with Gasteiger partial charge in [0.1, 0.15) is 0 Å². The summed E-state index contributed by atoms with van der Waals surface area (Å²) < 4.78 is 0. The maximum atomic E-state index is 13.1. The molecule has 2 fully saturated rings. The molecule has 4 rings (SSSR count). The summed E-state index contributed by atoms with van der Waals surface area (Å²) in [6.07, 6.45) is 0.915. The molecular weight excluding hydrogens is 308 g/mol. The van der Waals surface area contributed by atoms with E-state index in [0.29, 0.717) is 5.92 Å². The first-order valence-electron chi connectivity index (χ1n) is 7.99. The lowest BCUT2D eigenvalue weighted by Gasteiger charge is -2.26. The van der Waals surface area contributed by atoms with Crippen LogP contribution in [0.2, 0.25) is 0 Å². The number of carbonyl (C=O) groups excluding carboxylic acids is 1. The molecule has 0 unspecified atom stereocenters. The molecule has 2 saturated heterocycles. The van der Waals surface area contributed by atoms with Crippen LogP contribution in [0.5, 0.6) is 0 Å². The zero-order valence-electron chi connectivity index (χ0n) is 13.4. The van der Waals surface area contributed by atoms with Crippen molar-refractivity contribution in [1.29, 1.82) is 0 Å². The average Bonchev–Trinajstić information content (AvgIpc) is 3.24. The number of aromatic nitrogens is 2. The fourth-order valence-electron chi connectivity index (χ4n) is 3.85. The highest BCUT2D eigenvalue weighted by atomic mass is 32.1. The Labute approximate surface area is 139 Å². The number of aryl methyl sites for hydroxylation is 1.